The molecule has 0 heterocycles. The summed E-state index contributed by atoms with van der Waals surface area (Å²) in [6, 6.07) is 0. The summed E-state index contributed by atoms with van der Waals surface area (Å²) in [7, 11) is 0. The number of carboxylic acid groups (broad SMARTS) is 4. The minimum Gasteiger partial charge on any atom is -0.550 e. The van der Waals surface area contributed by atoms with Crippen molar-refractivity contribution in [1.82, 2.24) is 0 Å². The first-order chi connectivity index (χ1) is 15.6. The molecule has 13 heteroatoms. The van der Waals surface area contributed by atoms with Gasteiger partial charge in [0, 0.05) is 68.8 Å². The van der Waals surface area contributed by atoms with Gasteiger partial charge in [0.05, 0.1) is 0 Å². The molecule has 0 saturated carbocycles. The summed E-state index contributed by atoms with van der Waals surface area (Å²) >= 11 is 0. The zero-order valence-electron chi connectivity index (χ0n) is 20.5. The van der Waals surface area contributed by atoms with Crippen LogP contribution in [0.2, 0.25) is 0 Å². The van der Waals surface area contributed by atoms with E-state index in [1.165, 1.54) is 6.92 Å². The van der Waals surface area contributed by atoms with Gasteiger partial charge in [0.15, 0.2) is 0 Å². The zero-order chi connectivity index (χ0) is 27.7. The van der Waals surface area contributed by atoms with Crippen LogP contribution in [0.3, 0.4) is 0 Å². The summed E-state index contributed by atoms with van der Waals surface area (Å²) in [5.74, 6) is -6.30. The molecular formula is C22H32O12Zr. The van der Waals surface area contributed by atoms with Gasteiger partial charge >= 0.3 is 26.2 Å². The number of carboxylic acids is 4. The maximum atomic E-state index is 10.4. The molecule has 0 radical (unpaired) electrons. The van der Waals surface area contributed by atoms with Crippen LogP contribution >= 0.6 is 0 Å². The predicted molar refractivity (Wildman–Crippen MR) is 109 cm³/mol. The van der Waals surface area contributed by atoms with Crippen molar-refractivity contribution in [2.24, 2.45) is 0 Å². The standard InChI is InChI=1S/3C6H10O3.C4H6O3.Zr/c3*1-2-3-5(7)4-6(8)9;1-3(5)2-4(6)7;/h3*2-4H2,1H3,(H,8,9);2H2,1H3,(H,6,7);/q;;;;+4/p-4. The average molecular weight is 580 g/mol. The number of Topliss-reactive ketones (excluding diaryl/α,β-unsaturated/α-hetero) is 4. The number of hydrogen-bond acceptors (Lipinski definition) is 12. The zero-order valence-corrected chi connectivity index (χ0v) is 22.9. The number of aliphatic carboxylic acids is 4. The van der Waals surface area contributed by atoms with Crippen LogP contribution in [0.15, 0.2) is 0 Å². The van der Waals surface area contributed by atoms with Crippen LogP contribution in [0.1, 0.15) is 91.9 Å². The van der Waals surface area contributed by atoms with E-state index in [9.17, 15) is 58.8 Å². The van der Waals surface area contributed by atoms with Gasteiger partial charge in [-0.2, -0.15) is 0 Å². The number of rotatable bonds is 14. The summed E-state index contributed by atoms with van der Waals surface area (Å²) in [6.45, 7) is 6.68. The Labute approximate surface area is 223 Å². The monoisotopic (exact) mass is 578 g/mol. The molecule has 0 aromatic rings. The Balaban J connectivity index is -0.000000114. The van der Waals surface area contributed by atoms with Crippen LogP contribution in [-0.2, 0) is 64.6 Å². The molecule has 0 rings (SSSR count). The normalized spacial score (nSPS) is 8.57. The van der Waals surface area contributed by atoms with Crippen molar-refractivity contribution in [1.29, 1.82) is 0 Å². The van der Waals surface area contributed by atoms with Crippen LogP contribution in [0.25, 0.3) is 0 Å². The van der Waals surface area contributed by atoms with Gasteiger partial charge in [-0.15, -0.1) is 0 Å². The molecule has 0 fully saturated rings. The summed E-state index contributed by atoms with van der Waals surface area (Å²) in [6.07, 6.45) is 1.34. The molecule has 12 nitrogen and oxygen atoms in total. The largest absolute Gasteiger partial charge is 4.00 e. The fourth-order valence-corrected chi connectivity index (χ4v) is 1.79. The molecule has 0 unspecified atom stereocenters. The summed E-state index contributed by atoms with van der Waals surface area (Å²) < 4.78 is 0. The molecule has 0 atom stereocenters. The van der Waals surface area contributed by atoms with Crippen LogP contribution in [0.5, 0.6) is 0 Å². The minimum absolute atomic E-state index is 0. The van der Waals surface area contributed by atoms with Gasteiger partial charge in [0.25, 0.3) is 0 Å². The SMILES string of the molecule is CC(=O)CC(=O)[O-].CCCC(=O)CC(=O)[O-].CCCC(=O)CC(=O)[O-].CCCC(=O)CC(=O)[O-].[Zr+4]. The molecule has 0 bridgehead atoms. The fraction of sp³-hybridized carbons (Fsp3) is 0.636. The summed E-state index contributed by atoms with van der Waals surface area (Å²) in [4.78, 5) is 79.9. The molecule has 0 aliphatic carbocycles. The average Bonchev–Trinajstić information content (AvgIpc) is 2.60. The van der Waals surface area contributed by atoms with E-state index in [1.54, 1.807) is 0 Å². The molecule has 0 aromatic heterocycles. The Bertz CT molecular complexity index is 603. The quantitative estimate of drug-likeness (QED) is 0.190. The topological polar surface area (TPSA) is 229 Å². The Kier molecular flexibility index (Phi) is 35.9. The molecule has 0 aliphatic rings. The second-order valence-corrected chi connectivity index (χ2v) is 6.76. The Hall–Kier alpha value is -2.56. The molecule has 0 aromatic carbocycles. The van der Waals surface area contributed by atoms with Crippen LogP contribution in [-0.4, -0.2) is 47.0 Å². The second-order valence-electron chi connectivity index (χ2n) is 6.76. The van der Waals surface area contributed by atoms with Gasteiger partial charge in [-0.05, 0) is 26.2 Å². The number of carbonyl (C=O) groups is 8. The van der Waals surface area contributed by atoms with E-state index in [0.717, 1.165) is 0 Å². The van der Waals surface area contributed by atoms with Crippen LogP contribution in [0.4, 0.5) is 0 Å². The Morgan fingerprint density at radius 2 is 0.657 bits per heavy atom. The van der Waals surface area contributed by atoms with Crippen molar-refractivity contribution in [3.05, 3.63) is 0 Å². The van der Waals surface area contributed by atoms with Gasteiger partial charge in [-0.3, -0.25) is 19.2 Å². The molecule has 0 saturated heterocycles. The van der Waals surface area contributed by atoms with Gasteiger partial charge in [-0.1, -0.05) is 20.8 Å². The van der Waals surface area contributed by atoms with Crippen molar-refractivity contribution in [3.63, 3.8) is 0 Å². The van der Waals surface area contributed by atoms with Crippen molar-refractivity contribution in [2.75, 3.05) is 0 Å². The van der Waals surface area contributed by atoms with Crippen molar-refractivity contribution in [2.45, 2.75) is 91.9 Å². The van der Waals surface area contributed by atoms with Crippen LogP contribution in [0, 0.1) is 0 Å². The van der Waals surface area contributed by atoms with E-state index in [2.05, 4.69) is 0 Å². The number of ketones is 4. The van der Waals surface area contributed by atoms with Gasteiger partial charge in [0.1, 0.15) is 23.1 Å². The van der Waals surface area contributed by atoms with Crippen molar-refractivity contribution >= 4 is 47.0 Å². The van der Waals surface area contributed by atoms with Gasteiger partial charge in [0.2, 0.25) is 0 Å². The van der Waals surface area contributed by atoms with E-state index < -0.39 is 49.6 Å². The maximum Gasteiger partial charge on any atom is 4.00 e. The van der Waals surface area contributed by atoms with E-state index in [1.807, 2.05) is 20.8 Å². The fourth-order valence-electron chi connectivity index (χ4n) is 1.79. The smallest absolute Gasteiger partial charge is 0.550 e. The Morgan fingerprint density at radius 1 is 0.457 bits per heavy atom. The Morgan fingerprint density at radius 3 is 0.743 bits per heavy atom. The first-order valence-corrected chi connectivity index (χ1v) is 10.5. The molecular weight excluding hydrogens is 547 g/mol. The van der Waals surface area contributed by atoms with E-state index in [-0.39, 0.29) is 49.3 Å². The third-order valence-electron chi connectivity index (χ3n) is 3.00. The van der Waals surface area contributed by atoms with Crippen LogP contribution < -0.4 is 20.4 Å². The first kappa shape index (κ1) is 42.6. The molecule has 196 valence electrons. The second kappa shape index (κ2) is 29.5. The van der Waals surface area contributed by atoms with Gasteiger partial charge < -0.3 is 39.6 Å². The van der Waals surface area contributed by atoms with Crippen molar-refractivity contribution in [3.8, 4) is 0 Å². The summed E-state index contributed by atoms with van der Waals surface area (Å²) in [5, 5.41) is 38.7. The third-order valence-corrected chi connectivity index (χ3v) is 3.00. The van der Waals surface area contributed by atoms with E-state index >= 15 is 0 Å². The molecule has 0 aliphatic heterocycles. The molecule has 35 heavy (non-hydrogen) atoms. The van der Waals surface area contributed by atoms with Gasteiger partial charge in [-0.25, -0.2) is 0 Å². The predicted octanol–water partition coefficient (Wildman–Crippen LogP) is -2.80. The maximum absolute atomic E-state index is 10.4. The molecule has 0 N–H and O–H groups in total. The summed E-state index contributed by atoms with van der Waals surface area (Å²) in [5.41, 5.74) is 0. The first-order valence-electron chi connectivity index (χ1n) is 10.5. The third kappa shape index (κ3) is 54.1. The molecule has 0 spiro atoms. The van der Waals surface area contributed by atoms with E-state index in [4.69, 9.17) is 0 Å². The van der Waals surface area contributed by atoms with Crippen molar-refractivity contribution < 1.29 is 85.0 Å². The van der Waals surface area contributed by atoms with E-state index in [0.29, 0.717) is 38.5 Å². The number of hydrogen-bond donors (Lipinski definition) is 0. The minimum atomic E-state index is -1.31. The number of carbonyl (C=O) groups excluding carboxylic acids is 8. The molecule has 0 amide bonds.